The summed E-state index contributed by atoms with van der Waals surface area (Å²) in [5, 5.41) is 10.4. The van der Waals surface area contributed by atoms with Gasteiger partial charge in [-0.05, 0) is 29.3 Å². The number of hydrogen-bond acceptors (Lipinski definition) is 5. The average molecular weight is 454 g/mol. The van der Waals surface area contributed by atoms with Crippen LogP contribution in [0.1, 0.15) is 11.1 Å². The maximum atomic E-state index is 12.9. The largest absolute Gasteiger partial charge is 0.445 e. The summed E-state index contributed by atoms with van der Waals surface area (Å²) in [7, 11) is -3.92. The van der Waals surface area contributed by atoms with Gasteiger partial charge in [0.05, 0.1) is 4.90 Å². The third-order valence-electron chi connectivity index (χ3n) is 4.53. The molecule has 32 heavy (non-hydrogen) atoms. The Labute approximate surface area is 186 Å². The van der Waals surface area contributed by atoms with Crippen LogP contribution in [0.3, 0.4) is 0 Å². The van der Waals surface area contributed by atoms with E-state index in [1.54, 1.807) is 0 Å². The van der Waals surface area contributed by atoms with E-state index in [1.807, 2.05) is 60.7 Å². The number of carbonyl (C=O) groups is 2. The Bertz CT molecular complexity index is 1170. The van der Waals surface area contributed by atoms with Gasteiger partial charge in [-0.2, -0.15) is 0 Å². The molecular weight excluding hydrogens is 430 g/mol. The Kier molecular flexibility index (Phi) is 7.58. The zero-order valence-electron chi connectivity index (χ0n) is 17.1. The molecule has 9 heteroatoms. The second-order valence-electron chi connectivity index (χ2n) is 7.01. The Balaban J connectivity index is 1.71. The molecule has 1 atom stereocenters. The van der Waals surface area contributed by atoms with Crippen LogP contribution >= 0.6 is 0 Å². The Morgan fingerprint density at radius 2 is 1.50 bits per heavy atom. The van der Waals surface area contributed by atoms with E-state index < -0.39 is 28.1 Å². The number of hydrogen-bond donors (Lipinski definition) is 3. The van der Waals surface area contributed by atoms with Crippen LogP contribution in [-0.2, 0) is 32.6 Å². The van der Waals surface area contributed by atoms with Gasteiger partial charge < -0.3 is 15.4 Å². The molecule has 0 bridgehead atoms. The van der Waals surface area contributed by atoms with Gasteiger partial charge in [0.15, 0.2) is 0 Å². The highest BCUT2D eigenvalue weighted by Gasteiger charge is 2.23. The van der Waals surface area contributed by atoms with E-state index in [0.29, 0.717) is 0 Å². The average Bonchev–Trinajstić information content (AvgIpc) is 2.78. The summed E-state index contributed by atoms with van der Waals surface area (Å²) in [4.78, 5) is 25.1. The topological polar surface area (TPSA) is 128 Å². The summed E-state index contributed by atoms with van der Waals surface area (Å²) in [5.41, 5.74) is 1.87. The van der Waals surface area contributed by atoms with E-state index in [0.717, 1.165) is 11.1 Å². The molecule has 0 aliphatic rings. The summed E-state index contributed by atoms with van der Waals surface area (Å²) in [5.74, 6) is -0.530. The van der Waals surface area contributed by atoms with E-state index in [4.69, 9.17) is 9.88 Å². The van der Waals surface area contributed by atoms with Crippen molar-refractivity contribution in [3.05, 3.63) is 96.1 Å². The molecule has 3 aromatic rings. The number of primary sulfonamides is 1. The van der Waals surface area contributed by atoms with Gasteiger partial charge in [-0.15, -0.1) is 0 Å². The number of ether oxygens (including phenoxy) is 1. The van der Waals surface area contributed by atoms with Crippen LogP contribution in [0.5, 0.6) is 0 Å². The van der Waals surface area contributed by atoms with Gasteiger partial charge in [-0.1, -0.05) is 66.7 Å². The van der Waals surface area contributed by atoms with Gasteiger partial charge >= 0.3 is 6.09 Å². The first-order valence-electron chi connectivity index (χ1n) is 9.76. The predicted octanol–water partition coefficient (Wildman–Crippen LogP) is 2.81. The van der Waals surface area contributed by atoms with Crippen LogP contribution in [0.2, 0.25) is 0 Å². The third-order valence-corrected chi connectivity index (χ3v) is 5.45. The summed E-state index contributed by atoms with van der Waals surface area (Å²) >= 11 is 0. The first-order valence-corrected chi connectivity index (χ1v) is 11.3. The van der Waals surface area contributed by atoms with Crippen molar-refractivity contribution in [1.29, 1.82) is 0 Å². The fourth-order valence-electron chi connectivity index (χ4n) is 2.95. The first kappa shape index (κ1) is 23.0. The van der Waals surface area contributed by atoms with E-state index in [9.17, 15) is 18.0 Å². The minimum absolute atomic E-state index is 0.0583. The van der Waals surface area contributed by atoms with Crippen molar-refractivity contribution in [3.63, 3.8) is 0 Å². The molecular formula is C23H23N3O5S. The lowest BCUT2D eigenvalue weighted by molar-refractivity contribution is -0.118. The molecule has 0 aromatic heterocycles. The highest BCUT2D eigenvalue weighted by Crippen LogP contribution is 2.15. The zero-order valence-corrected chi connectivity index (χ0v) is 17.9. The van der Waals surface area contributed by atoms with Crippen molar-refractivity contribution < 1.29 is 22.7 Å². The van der Waals surface area contributed by atoms with Crippen LogP contribution in [0.25, 0.3) is 0 Å². The fraction of sp³-hybridized carbons (Fsp3) is 0.130. The van der Waals surface area contributed by atoms with Crippen molar-refractivity contribution in [2.75, 3.05) is 5.32 Å². The normalized spacial score (nSPS) is 11.9. The SMILES string of the molecule is NS(=O)(=O)c1cccc(NC(=O)[C@H](Cc2ccccc2)NC(=O)OCc2ccccc2)c1. The van der Waals surface area contributed by atoms with Gasteiger partial charge in [-0.3, -0.25) is 4.79 Å². The van der Waals surface area contributed by atoms with Gasteiger partial charge in [-0.25, -0.2) is 18.4 Å². The standard InChI is InChI=1S/C23H23N3O5S/c24-32(29,30)20-13-7-12-19(15-20)25-22(27)21(14-17-8-3-1-4-9-17)26-23(28)31-16-18-10-5-2-6-11-18/h1-13,15,21H,14,16H2,(H,25,27)(H,26,28)(H2,24,29,30)/t21-/m0/s1. The number of benzene rings is 3. The monoisotopic (exact) mass is 453 g/mol. The minimum atomic E-state index is -3.92. The number of nitrogens with one attached hydrogen (secondary N) is 2. The number of sulfonamides is 1. The maximum Gasteiger partial charge on any atom is 0.408 e. The van der Waals surface area contributed by atoms with E-state index in [-0.39, 0.29) is 23.6 Å². The molecule has 0 spiro atoms. The molecule has 0 radical (unpaired) electrons. The summed E-state index contributed by atoms with van der Waals surface area (Å²) in [6, 6.07) is 22.9. The molecule has 0 fully saturated rings. The second-order valence-corrected chi connectivity index (χ2v) is 8.57. The highest BCUT2D eigenvalue weighted by atomic mass is 32.2. The fourth-order valence-corrected chi connectivity index (χ4v) is 3.51. The third kappa shape index (κ3) is 6.93. The number of amides is 2. The quantitative estimate of drug-likeness (QED) is 0.483. The number of anilines is 1. The van der Waals surface area contributed by atoms with Gasteiger partial charge in [0.2, 0.25) is 15.9 Å². The zero-order chi connectivity index (χ0) is 23.0. The van der Waals surface area contributed by atoms with Gasteiger partial charge in [0, 0.05) is 12.1 Å². The van der Waals surface area contributed by atoms with Crippen LogP contribution < -0.4 is 15.8 Å². The molecule has 0 aliphatic carbocycles. The second kappa shape index (κ2) is 10.6. The van der Waals surface area contributed by atoms with Crippen molar-refractivity contribution in [2.45, 2.75) is 24.0 Å². The number of alkyl carbamates (subject to hydrolysis) is 1. The smallest absolute Gasteiger partial charge is 0.408 e. The number of rotatable bonds is 8. The van der Waals surface area contributed by atoms with Crippen molar-refractivity contribution in [1.82, 2.24) is 5.32 Å². The molecule has 4 N–H and O–H groups in total. The van der Waals surface area contributed by atoms with Crippen molar-refractivity contribution in [2.24, 2.45) is 5.14 Å². The molecule has 3 aromatic carbocycles. The molecule has 0 saturated carbocycles. The molecule has 0 heterocycles. The lowest BCUT2D eigenvalue weighted by atomic mass is 10.1. The molecule has 0 unspecified atom stereocenters. The van der Waals surface area contributed by atoms with E-state index in [2.05, 4.69) is 10.6 Å². The molecule has 3 rings (SSSR count). The summed E-state index contributed by atoms with van der Waals surface area (Å²) < 4.78 is 28.4. The van der Waals surface area contributed by atoms with Gasteiger partial charge in [0.1, 0.15) is 12.6 Å². The lowest BCUT2D eigenvalue weighted by Crippen LogP contribution is -2.45. The molecule has 8 nitrogen and oxygen atoms in total. The Morgan fingerprint density at radius 1 is 0.875 bits per heavy atom. The summed E-state index contributed by atoms with van der Waals surface area (Å²) in [6.07, 6.45) is -0.537. The lowest BCUT2D eigenvalue weighted by Gasteiger charge is -2.19. The Morgan fingerprint density at radius 3 is 2.12 bits per heavy atom. The van der Waals surface area contributed by atoms with Crippen LogP contribution in [-0.4, -0.2) is 26.5 Å². The van der Waals surface area contributed by atoms with E-state index >= 15 is 0 Å². The van der Waals surface area contributed by atoms with Crippen LogP contribution in [0.15, 0.2) is 89.8 Å². The number of nitrogens with two attached hydrogens (primary N) is 1. The number of carbonyl (C=O) groups excluding carboxylic acids is 2. The summed E-state index contributed by atoms with van der Waals surface area (Å²) in [6.45, 7) is 0.0583. The Hall–Kier alpha value is -3.69. The van der Waals surface area contributed by atoms with Crippen LogP contribution in [0.4, 0.5) is 10.5 Å². The molecule has 0 aliphatic heterocycles. The first-order chi connectivity index (χ1) is 15.3. The predicted molar refractivity (Wildman–Crippen MR) is 120 cm³/mol. The van der Waals surface area contributed by atoms with E-state index in [1.165, 1.54) is 24.3 Å². The minimum Gasteiger partial charge on any atom is -0.445 e. The van der Waals surface area contributed by atoms with Crippen molar-refractivity contribution in [3.8, 4) is 0 Å². The van der Waals surface area contributed by atoms with Gasteiger partial charge in [0.25, 0.3) is 0 Å². The molecule has 2 amide bonds. The van der Waals surface area contributed by atoms with Crippen LogP contribution in [0, 0.1) is 0 Å². The molecule has 0 saturated heterocycles. The highest BCUT2D eigenvalue weighted by molar-refractivity contribution is 7.89. The molecule has 166 valence electrons. The maximum absolute atomic E-state index is 12.9. The van der Waals surface area contributed by atoms with Crippen molar-refractivity contribution >= 4 is 27.7 Å².